The Bertz CT molecular complexity index is 326. The minimum Gasteiger partial charge on any atom is -0.396 e. The standard InChI is InChI=1S/C14H21FO2/c1-11(2)17-7-6-13(10-16)8-12-4-3-5-14(15)9-12/h3-5,9,11,13,16H,6-8,10H2,1-2H3. The number of halogens is 1. The molecule has 0 spiro atoms. The predicted octanol–water partition coefficient (Wildman–Crippen LogP) is 2.79. The molecule has 0 aliphatic carbocycles. The second kappa shape index (κ2) is 7.41. The smallest absolute Gasteiger partial charge is 0.123 e. The number of benzene rings is 1. The van der Waals surface area contributed by atoms with E-state index in [0.717, 1.165) is 12.0 Å². The third kappa shape index (κ3) is 5.80. The van der Waals surface area contributed by atoms with E-state index >= 15 is 0 Å². The predicted molar refractivity (Wildman–Crippen MR) is 66.4 cm³/mol. The van der Waals surface area contributed by atoms with Crippen molar-refractivity contribution >= 4 is 0 Å². The van der Waals surface area contributed by atoms with Crippen molar-refractivity contribution in [1.82, 2.24) is 0 Å². The summed E-state index contributed by atoms with van der Waals surface area (Å²) < 4.78 is 18.4. The topological polar surface area (TPSA) is 29.5 Å². The molecule has 0 saturated carbocycles. The fraction of sp³-hybridized carbons (Fsp3) is 0.571. The van der Waals surface area contributed by atoms with Gasteiger partial charge in [0.05, 0.1) is 6.10 Å². The molecule has 1 unspecified atom stereocenters. The fourth-order valence-electron chi connectivity index (χ4n) is 1.73. The first-order valence-electron chi connectivity index (χ1n) is 6.08. The normalized spacial score (nSPS) is 13.0. The van der Waals surface area contributed by atoms with Crippen LogP contribution in [0.25, 0.3) is 0 Å². The lowest BCUT2D eigenvalue weighted by Gasteiger charge is -2.15. The zero-order chi connectivity index (χ0) is 12.7. The van der Waals surface area contributed by atoms with Crippen molar-refractivity contribution in [3.8, 4) is 0 Å². The summed E-state index contributed by atoms with van der Waals surface area (Å²) in [5.74, 6) is -0.0897. The molecule has 0 radical (unpaired) electrons. The van der Waals surface area contributed by atoms with E-state index in [2.05, 4.69) is 0 Å². The first-order valence-corrected chi connectivity index (χ1v) is 6.08. The van der Waals surface area contributed by atoms with E-state index < -0.39 is 0 Å². The molecule has 2 nitrogen and oxygen atoms in total. The van der Waals surface area contributed by atoms with Gasteiger partial charge in [-0.1, -0.05) is 12.1 Å². The first-order chi connectivity index (χ1) is 8.11. The highest BCUT2D eigenvalue weighted by Crippen LogP contribution is 2.13. The Morgan fingerprint density at radius 3 is 2.71 bits per heavy atom. The van der Waals surface area contributed by atoms with Crippen LogP contribution in [0.5, 0.6) is 0 Å². The molecule has 1 rings (SSSR count). The van der Waals surface area contributed by atoms with Crippen LogP contribution in [0.3, 0.4) is 0 Å². The first kappa shape index (κ1) is 14.1. The lowest BCUT2D eigenvalue weighted by Crippen LogP contribution is -2.14. The van der Waals surface area contributed by atoms with E-state index in [1.807, 2.05) is 19.9 Å². The Kier molecular flexibility index (Phi) is 6.16. The van der Waals surface area contributed by atoms with Crippen LogP contribution in [-0.4, -0.2) is 24.4 Å². The SMILES string of the molecule is CC(C)OCCC(CO)Cc1cccc(F)c1. The van der Waals surface area contributed by atoms with Crippen molar-refractivity contribution in [2.75, 3.05) is 13.2 Å². The van der Waals surface area contributed by atoms with Gasteiger partial charge in [0.15, 0.2) is 0 Å². The minimum absolute atomic E-state index is 0.109. The van der Waals surface area contributed by atoms with Crippen molar-refractivity contribution in [2.45, 2.75) is 32.8 Å². The summed E-state index contributed by atoms with van der Waals surface area (Å²) in [6.07, 6.45) is 1.70. The maximum absolute atomic E-state index is 13.0. The Morgan fingerprint density at radius 2 is 2.12 bits per heavy atom. The van der Waals surface area contributed by atoms with Crippen LogP contribution in [0.2, 0.25) is 0 Å². The zero-order valence-electron chi connectivity index (χ0n) is 10.5. The Morgan fingerprint density at radius 1 is 1.35 bits per heavy atom. The Balaban J connectivity index is 2.41. The highest BCUT2D eigenvalue weighted by Gasteiger charge is 2.09. The molecule has 0 heterocycles. The Labute approximate surface area is 102 Å². The molecule has 0 saturated heterocycles. The van der Waals surface area contributed by atoms with Gasteiger partial charge in [-0.05, 0) is 50.3 Å². The molecular formula is C14H21FO2. The summed E-state index contributed by atoms with van der Waals surface area (Å²) >= 11 is 0. The molecule has 0 aromatic heterocycles. The minimum atomic E-state index is -0.224. The van der Waals surface area contributed by atoms with Crippen LogP contribution < -0.4 is 0 Å². The summed E-state index contributed by atoms with van der Waals surface area (Å²) in [5.41, 5.74) is 0.925. The number of hydrogen-bond donors (Lipinski definition) is 1. The molecular weight excluding hydrogens is 219 g/mol. The van der Waals surface area contributed by atoms with E-state index in [4.69, 9.17) is 4.74 Å². The van der Waals surface area contributed by atoms with Crippen LogP contribution in [0, 0.1) is 11.7 Å². The molecule has 0 aliphatic rings. The van der Waals surface area contributed by atoms with Gasteiger partial charge in [-0.25, -0.2) is 4.39 Å². The summed E-state index contributed by atoms with van der Waals surface area (Å²) in [6, 6.07) is 6.53. The number of hydrogen-bond acceptors (Lipinski definition) is 2. The molecule has 3 heteroatoms. The zero-order valence-corrected chi connectivity index (χ0v) is 10.5. The fourth-order valence-corrected chi connectivity index (χ4v) is 1.73. The number of rotatable bonds is 7. The van der Waals surface area contributed by atoms with Gasteiger partial charge < -0.3 is 9.84 Å². The van der Waals surface area contributed by atoms with Crippen molar-refractivity contribution in [1.29, 1.82) is 0 Å². The third-order valence-electron chi connectivity index (χ3n) is 2.65. The summed E-state index contributed by atoms with van der Waals surface area (Å²) in [4.78, 5) is 0. The number of ether oxygens (including phenoxy) is 1. The van der Waals surface area contributed by atoms with E-state index in [1.165, 1.54) is 12.1 Å². The summed E-state index contributed by atoms with van der Waals surface area (Å²) in [6.45, 7) is 4.72. The van der Waals surface area contributed by atoms with Crippen molar-refractivity contribution in [3.05, 3.63) is 35.6 Å². The molecule has 0 amide bonds. The average Bonchev–Trinajstić information content (AvgIpc) is 2.27. The lowest BCUT2D eigenvalue weighted by molar-refractivity contribution is 0.0612. The molecule has 17 heavy (non-hydrogen) atoms. The number of aliphatic hydroxyl groups excluding tert-OH is 1. The quantitative estimate of drug-likeness (QED) is 0.794. The Hall–Kier alpha value is -0.930. The monoisotopic (exact) mass is 240 g/mol. The van der Waals surface area contributed by atoms with Gasteiger partial charge in [0, 0.05) is 13.2 Å². The van der Waals surface area contributed by atoms with Gasteiger partial charge in [0.1, 0.15) is 5.82 Å². The van der Waals surface area contributed by atoms with Gasteiger partial charge in [-0.2, -0.15) is 0 Å². The van der Waals surface area contributed by atoms with Crippen molar-refractivity contribution in [3.63, 3.8) is 0 Å². The maximum atomic E-state index is 13.0. The highest BCUT2D eigenvalue weighted by molar-refractivity contribution is 5.16. The van der Waals surface area contributed by atoms with Crippen LogP contribution in [0.4, 0.5) is 4.39 Å². The number of aliphatic hydroxyl groups is 1. The van der Waals surface area contributed by atoms with Gasteiger partial charge >= 0.3 is 0 Å². The van der Waals surface area contributed by atoms with E-state index in [1.54, 1.807) is 6.07 Å². The molecule has 1 atom stereocenters. The molecule has 1 aromatic rings. The molecule has 0 fully saturated rings. The van der Waals surface area contributed by atoms with Gasteiger partial charge in [-0.15, -0.1) is 0 Å². The van der Waals surface area contributed by atoms with E-state index in [0.29, 0.717) is 13.0 Å². The summed E-state index contributed by atoms with van der Waals surface area (Å²) in [7, 11) is 0. The van der Waals surface area contributed by atoms with Crippen molar-refractivity contribution in [2.24, 2.45) is 5.92 Å². The average molecular weight is 240 g/mol. The summed E-state index contributed by atoms with van der Waals surface area (Å²) in [5, 5.41) is 9.27. The van der Waals surface area contributed by atoms with Gasteiger partial charge in [0.25, 0.3) is 0 Å². The molecule has 1 N–H and O–H groups in total. The maximum Gasteiger partial charge on any atom is 0.123 e. The van der Waals surface area contributed by atoms with E-state index in [9.17, 15) is 9.50 Å². The highest BCUT2D eigenvalue weighted by atomic mass is 19.1. The van der Waals surface area contributed by atoms with Crippen molar-refractivity contribution < 1.29 is 14.2 Å². The third-order valence-corrected chi connectivity index (χ3v) is 2.65. The van der Waals surface area contributed by atoms with Crippen LogP contribution in [-0.2, 0) is 11.2 Å². The van der Waals surface area contributed by atoms with Gasteiger partial charge in [-0.3, -0.25) is 0 Å². The molecule has 0 aliphatic heterocycles. The van der Waals surface area contributed by atoms with Crippen LogP contribution in [0.1, 0.15) is 25.8 Å². The van der Waals surface area contributed by atoms with Crippen LogP contribution in [0.15, 0.2) is 24.3 Å². The lowest BCUT2D eigenvalue weighted by atomic mass is 9.97. The van der Waals surface area contributed by atoms with Crippen LogP contribution >= 0.6 is 0 Å². The molecule has 0 bridgehead atoms. The van der Waals surface area contributed by atoms with E-state index in [-0.39, 0.29) is 24.4 Å². The second-order valence-electron chi connectivity index (χ2n) is 4.59. The molecule has 96 valence electrons. The van der Waals surface area contributed by atoms with Gasteiger partial charge in [0.2, 0.25) is 0 Å². The largest absolute Gasteiger partial charge is 0.396 e. The second-order valence-corrected chi connectivity index (χ2v) is 4.59. The molecule has 1 aromatic carbocycles.